The zero-order valence-corrected chi connectivity index (χ0v) is 12.9. The van der Waals surface area contributed by atoms with Gasteiger partial charge in [0, 0.05) is 23.4 Å². The summed E-state index contributed by atoms with van der Waals surface area (Å²) >= 11 is 0. The number of rotatable bonds is 1. The summed E-state index contributed by atoms with van der Waals surface area (Å²) in [4.78, 5) is 10.5. The molecule has 1 spiro atoms. The molecule has 0 radical (unpaired) electrons. The molecule has 1 N–H and O–H groups in total. The van der Waals surface area contributed by atoms with Gasteiger partial charge in [0.2, 0.25) is 5.72 Å². The largest absolute Gasteiger partial charge is 0.463 e. The lowest BCUT2D eigenvalue weighted by Gasteiger charge is -2.41. The number of ether oxygens (including phenoxy) is 1. The van der Waals surface area contributed by atoms with Gasteiger partial charge in [-0.25, -0.2) is 0 Å². The van der Waals surface area contributed by atoms with Gasteiger partial charge >= 0.3 is 0 Å². The highest BCUT2D eigenvalue weighted by atomic mass is 16.6. The average Bonchev–Trinajstić information content (AvgIpc) is 2.74. The Morgan fingerprint density at radius 3 is 2.70 bits per heavy atom. The number of nitro benzene ring substituents is 1. The minimum absolute atomic E-state index is 0.0647. The molecule has 0 saturated carbocycles. The monoisotopic (exact) mass is 308 g/mol. The highest BCUT2D eigenvalue weighted by Gasteiger charge is 2.54. The molecule has 5 nitrogen and oxygen atoms in total. The second-order valence-electron chi connectivity index (χ2n) is 6.45. The third-order valence-corrected chi connectivity index (χ3v) is 4.82. The van der Waals surface area contributed by atoms with Gasteiger partial charge < -0.3 is 10.1 Å². The molecule has 2 aromatic carbocycles. The van der Waals surface area contributed by atoms with Gasteiger partial charge in [0.15, 0.2) is 0 Å². The highest BCUT2D eigenvalue weighted by Crippen LogP contribution is 2.51. The van der Waals surface area contributed by atoms with E-state index < -0.39 is 10.6 Å². The fraction of sp³-hybridized carbons (Fsp3) is 0.222. The Balaban J connectivity index is 1.79. The molecule has 2 aromatic rings. The summed E-state index contributed by atoms with van der Waals surface area (Å²) in [5.41, 5.74) is 2.05. The first-order valence-corrected chi connectivity index (χ1v) is 7.47. The van der Waals surface area contributed by atoms with Crippen molar-refractivity contribution in [2.45, 2.75) is 25.0 Å². The fourth-order valence-corrected chi connectivity index (χ4v) is 3.38. The van der Waals surface area contributed by atoms with Crippen LogP contribution in [0.3, 0.4) is 0 Å². The molecule has 23 heavy (non-hydrogen) atoms. The molecule has 0 aliphatic carbocycles. The Morgan fingerprint density at radius 1 is 1.17 bits per heavy atom. The molecule has 2 heterocycles. The second kappa shape index (κ2) is 4.35. The molecular formula is C18H16N2O3. The maximum absolute atomic E-state index is 10.9. The van der Waals surface area contributed by atoms with Gasteiger partial charge in [0.1, 0.15) is 5.75 Å². The van der Waals surface area contributed by atoms with E-state index in [2.05, 4.69) is 25.2 Å². The molecule has 0 aromatic heterocycles. The van der Waals surface area contributed by atoms with Crippen molar-refractivity contribution < 1.29 is 9.66 Å². The summed E-state index contributed by atoms with van der Waals surface area (Å²) in [6.45, 7) is 4.26. The fourth-order valence-electron chi connectivity index (χ4n) is 3.38. The van der Waals surface area contributed by atoms with E-state index in [0.717, 1.165) is 11.3 Å². The van der Waals surface area contributed by atoms with Gasteiger partial charge in [0.25, 0.3) is 5.69 Å². The molecule has 0 saturated heterocycles. The van der Waals surface area contributed by atoms with Crippen LogP contribution < -0.4 is 10.1 Å². The lowest BCUT2D eigenvalue weighted by atomic mass is 9.76. The molecule has 1 atom stereocenters. The van der Waals surface area contributed by atoms with Gasteiger partial charge in [-0.05, 0) is 43.7 Å². The summed E-state index contributed by atoms with van der Waals surface area (Å²) in [6.07, 6.45) is 3.85. The van der Waals surface area contributed by atoms with E-state index in [1.54, 1.807) is 6.07 Å². The molecular weight excluding hydrogens is 292 g/mol. The third kappa shape index (κ3) is 1.79. The maximum Gasteiger partial charge on any atom is 0.270 e. The van der Waals surface area contributed by atoms with Gasteiger partial charge in [-0.1, -0.05) is 18.2 Å². The molecule has 0 amide bonds. The molecule has 4 rings (SSSR count). The van der Waals surface area contributed by atoms with E-state index >= 15 is 0 Å². The Morgan fingerprint density at radius 2 is 1.96 bits per heavy atom. The van der Waals surface area contributed by atoms with Crippen molar-refractivity contribution in [2.75, 3.05) is 5.32 Å². The van der Waals surface area contributed by atoms with Crippen LogP contribution in [0.2, 0.25) is 0 Å². The molecule has 2 aliphatic heterocycles. The number of fused-ring (bicyclic) bond motifs is 2. The van der Waals surface area contributed by atoms with E-state index in [-0.39, 0.29) is 11.1 Å². The van der Waals surface area contributed by atoms with Crippen molar-refractivity contribution >= 4 is 17.5 Å². The zero-order valence-electron chi connectivity index (χ0n) is 12.9. The summed E-state index contributed by atoms with van der Waals surface area (Å²) in [5.74, 6) is 0.645. The van der Waals surface area contributed by atoms with Crippen molar-refractivity contribution in [3.63, 3.8) is 0 Å². The Kier molecular flexibility index (Phi) is 2.61. The number of hydrogen-bond acceptors (Lipinski definition) is 4. The first-order valence-electron chi connectivity index (χ1n) is 7.47. The standard InChI is InChI=1S/C18H16N2O3/c1-17(2)14-5-3-4-6-15(14)19-18(17)10-9-12-11-13(20(21)22)7-8-16(12)23-18/h3-11,19H,1-2H3. The summed E-state index contributed by atoms with van der Waals surface area (Å²) in [7, 11) is 0. The Labute approximate surface area is 133 Å². The summed E-state index contributed by atoms with van der Waals surface area (Å²) in [5, 5.41) is 14.4. The predicted molar refractivity (Wildman–Crippen MR) is 88.6 cm³/mol. The molecule has 0 fully saturated rings. The highest BCUT2D eigenvalue weighted by molar-refractivity contribution is 5.71. The minimum atomic E-state index is -0.695. The molecule has 0 bridgehead atoms. The normalized spacial score (nSPS) is 22.9. The van der Waals surface area contributed by atoms with Crippen LogP contribution in [-0.2, 0) is 5.41 Å². The number of hydrogen-bond donors (Lipinski definition) is 1. The van der Waals surface area contributed by atoms with Crippen molar-refractivity contribution in [3.05, 3.63) is 69.8 Å². The number of nitrogens with one attached hydrogen (secondary N) is 1. The van der Waals surface area contributed by atoms with Gasteiger partial charge in [-0.2, -0.15) is 0 Å². The van der Waals surface area contributed by atoms with Gasteiger partial charge in [0.05, 0.1) is 10.3 Å². The minimum Gasteiger partial charge on any atom is -0.463 e. The number of nitro groups is 1. The number of anilines is 1. The predicted octanol–water partition coefficient (Wildman–Crippen LogP) is 4.10. The van der Waals surface area contributed by atoms with Crippen molar-refractivity contribution in [1.29, 1.82) is 0 Å². The van der Waals surface area contributed by atoms with Gasteiger partial charge in [-0.3, -0.25) is 10.1 Å². The topological polar surface area (TPSA) is 64.4 Å². The lowest BCUT2D eigenvalue weighted by Crippen LogP contribution is -2.53. The molecule has 5 heteroatoms. The summed E-state index contributed by atoms with van der Waals surface area (Å²) in [6, 6.07) is 12.8. The van der Waals surface area contributed by atoms with Crippen LogP contribution in [0.1, 0.15) is 25.0 Å². The zero-order chi connectivity index (χ0) is 16.2. The van der Waals surface area contributed by atoms with E-state index in [9.17, 15) is 10.1 Å². The summed E-state index contributed by atoms with van der Waals surface area (Å²) < 4.78 is 6.29. The first kappa shape index (κ1) is 13.8. The van der Waals surface area contributed by atoms with Crippen LogP contribution in [0.15, 0.2) is 48.5 Å². The van der Waals surface area contributed by atoms with Crippen LogP contribution in [0.5, 0.6) is 5.75 Å². The first-order chi connectivity index (χ1) is 10.9. The molecule has 2 aliphatic rings. The number of nitrogens with zero attached hydrogens (tertiary/aromatic N) is 1. The van der Waals surface area contributed by atoms with Crippen LogP contribution >= 0.6 is 0 Å². The van der Waals surface area contributed by atoms with E-state index in [4.69, 9.17) is 4.74 Å². The number of non-ortho nitro benzene ring substituents is 1. The van der Waals surface area contributed by atoms with Gasteiger partial charge in [-0.15, -0.1) is 0 Å². The lowest BCUT2D eigenvalue weighted by molar-refractivity contribution is -0.384. The second-order valence-corrected chi connectivity index (χ2v) is 6.45. The third-order valence-electron chi connectivity index (χ3n) is 4.82. The number of benzene rings is 2. The quantitative estimate of drug-likeness (QED) is 0.636. The Hall–Kier alpha value is -2.82. The van der Waals surface area contributed by atoms with Crippen molar-refractivity contribution in [1.82, 2.24) is 0 Å². The molecule has 116 valence electrons. The Bertz CT molecular complexity index is 857. The van der Waals surface area contributed by atoms with Crippen LogP contribution in [0.25, 0.3) is 6.08 Å². The van der Waals surface area contributed by atoms with E-state index in [1.165, 1.54) is 17.7 Å². The van der Waals surface area contributed by atoms with Crippen LogP contribution in [0.4, 0.5) is 11.4 Å². The van der Waals surface area contributed by atoms with Crippen molar-refractivity contribution in [3.8, 4) is 5.75 Å². The smallest absolute Gasteiger partial charge is 0.270 e. The van der Waals surface area contributed by atoms with E-state index in [0.29, 0.717) is 5.75 Å². The van der Waals surface area contributed by atoms with Crippen molar-refractivity contribution in [2.24, 2.45) is 0 Å². The number of para-hydroxylation sites is 1. The van der Waals surface area contributed by atoms with Crippen LogP contribution in [0, 0.1) is 10.1 Å². The average molecular weight is 308 g/mol. The van der Waals surface area contributed by atoms with Crippen LogP contribution in [-0.4, -0.2) is 10.6 Å². The maximum atomic E-state index is 10.9. The molecule has 1 unspecified atom stereocenters. The van der Waals surface area contributed by atoms with E-state index in [1.807, 2.05) is 30.4 Å². The SMILES string of the molecule is CC1(C)c2ccccc2NC12C=Cc1cc([N+](=O)[O-])ccc1O2.